The lowest BCUT2D eigenvalue weighted by Gasteiger charge is -2.21. The molecule has 1 amide bonds. The molecule has 0 bridgehead atoms. The number of carbonyl (C=O) groups is 1. The Morgan fingerprint density at radius 3 is 2.77 bits per heavy atom. The lowest BCUT2D eigenvalue weighted by molar-refractivity contribution is -0.111. The molecular formula is C18H23N3O3S2. The molecule has 26 heavy (non-hydrogen) atoms. The van der Waals surface area contributed by atoms with Crippen LogP contribution in [-0.2, 0) is 4.79 Å². The van der Waals surface area contributed by atoms with Crippen LogP contribution in [0.4, 0.5) is 11.4 Å². The van der Waals surface area contributed by atoms with Gasteiger partial charge in [-0.1, -0.05) is 21.6 Å². The number of nitrogens with two attached hydrogens (primary N) is 1. The van der Waals surface area contributed by atoms with Gasteiger partial charge in [0.25, 0.3) is 0 Å². The number of hydrogen-bond acceptors (Lipinski definition) is 7. The van der Waals surface area contributed by atoms with Crippen LogP contribution < -0.4 is 21.6 Å². The number of fused-ring (bicyclic) bond motifs is 1. The Morgan fingerprint density at radius 1 is 1.31 bits per heavy atom. The Kier molecular flexibility index (Phi) is 8.08. The molecule has 140 valence electrons. The number of anilines is 2. The highest BCUT2D eigenvalue weighted by molar-refractivity contribution is 8.77. The summed E-state index contributed by atoms with van der Waals surface area (Å²) in [7, 11) is 2.98. The van der Waals surface area contributed by atoms with Crippen LogP contribution in [0.2, 0.25) is 0 Å². The van der Waals surface area contributed by atoms with E-state index in [1.165, 1.54) is 16.9 Å². The SMILES string of the molecule is CCN(CC)c1ccc2cc(NC(=O)C=CSSCCN)c(=O)oc2c1. The molecule has 1 aromatic heterocycles. The van der Waals surface area contributed by atoms with Gasteiger partial charge in [-0.2, -0.15) is 0 Å². The molecule has 0 spiro atoms. The zero-order valence-corrected chi connectivity index (χ0v) is 16.5. The molecule has 0 saturated carbocycles. The standard InChI is InChI=1S/C18H23N3O3S2/c1-3-21(4-2)14-6-5-13-11-15(18(23)24-16(13)12-14)20-17(22)7-9-25-26-10-8-19/h5-7,9,11-12H,3-4,8,10,19H2,1-2H3,(H,20,22). The fraction of sp³-hybridized carbons (Fsp3) is 0.333. The first kappa shape index (κ1) is 20.4. The van der Waals surface area contributed by atoms with Crippen LogP contribution >= 0.6 is 21.6 Å². The Hall–Kier alpha value is -1.90. The van der Waals surface area contributed by atoms with Crippen molar-refractivity contribution in [2.24, 2.45) is 5.73 Å². The molecule has 0 saturated heterocycles. The van der Waals surface area contributed by atoms with Crippen LogP contribution in [0.3, 0.4) is 0 Å². The number of carbonyl (C=O) groups excluding carboxylic acids is 1. The van der Waals surface area contributed by atoms with Crippen molar-refractivity contribution in [2.75, 3.05) is 35.6 Å². The average Bonchev–Trinajstić information content (AvgIpc) is 2.63. The van der Waals surface area contributed by atoms with Crippen molar-refractivity contribution in [1.82, 2.24) is 0 Å². The first-order valence-corrected chi connectivity index (χ1v) is 10.8. The van der Waals surface area contributed by atoms with E-state index in [0.717, 1.165) is 29.9 Å². The van der Waals surface area contributed by atoms with E-state index in [1.807, 2.05) is 18.2 Å². The highest BCUT2D eigenvalue weighted by Gasteiger charge is 2.09. The van der Waals surface area contributed by atoms with Crippen LogP contribution in [0.25, 0.3) is 11.0 Å². The molecule has 2 aromatic rings. The minimum atomic E-state index is -0.568. The van der Waals surface area contributed by atoms with Crippen molar-refractivity contribution in [2.45, 2.75) is 13.8 Å². The summed E-state index contributed by atoms with van der Waals surface area (Å²) in [5.41, 5.74) is 6.45. The maximum atomic E-state index is 12.2. The predicted molar refractivity (Wildman–Crippen MR) is 113 cm³/mol. The molecule has 1 heterocycles. The molecule has 0 radical (unpaired) electrons. The van der Waals surface area contributed by atoms with E-state index in [-0.39, 0.29) is 11.6 Å². The van der Waals surface area contributed by atoms with Crippen molar-refractivity contribution in [1.29, 1.82) is 0 Å². The summed E-state index contributed by atoms with van der Waals surface area (Å²) in [4.78, 5) is 26.3. The van der Waals surface area contributed by atoms with E-state index >= 15 is 0 Å². The van der Waals surface area contributed by atoms with Crippen molar-refractivity contribution in [3.8, 4) is 0 Å². The zero-order chi connectivity index (χ0) is 18.9. The number of benzene rings is 1. The molecule has 3 N–H and O–H groups in total. The topological polar surface area (TPSA) is 88.6 Å². The summed E-state index contributed by atoms with van der Waals surface area (Å²) in [5.74, 6) is 0.428. The molecule has 8 heteroatoms. The second-order valence-corrected chi connectivity index (χ2v) is 7.73. The average molecular weight is 394 g/mol. The first-order valence-electron chi connectivity index (χ1n) is 8.37. The van der Waals surface area contributed by atoms with Gasteiger partial charge >= 0.3 is 5.63 Å². The van der Waals surface area contributed by atoms with Gasteiger partial charge in [0.1, 0.15) is 11.3 Å². The van der Waals surface area contributed by atoms with Gasteiger partial charge in [-0.25, -0.2) is 4.79 Å². The second kappa shape index (κ2) is 10.3. The molecule has 0 fully saturated rings. The van der Waals surface area contributed by atoms with Crippen LogP contribution in [0.15, 0.2) is 45.0 Å². The van der Waals surface area contributed by atoms with Crippen LogP contribution in [0.1, 0.15) is 13.8 Å². The summed E-state index contributed by atoms with van der Waals surface area (Å²) in [5, 5.41) is 4.98. The molecular weight excluding hydrogens is 370 g/mol. The van der Waals surface area contributed by atoms with Crippen molar-refractivity contribution < 1.29 is 9.21 Å². The van der Waals surface area contributed by atoms with Gasteiger partial charge in [-0.15, -0.1) is 0 Å². The zero-order valence-electron chi connectivity index (χ0n) is 14.9. The van der Waals surface area contributed by atoms with Gasteiger partial charge in [0.05, 0.1) is 0 Å². The lowest BCUT2D eigenvalue weighted by Crippen LogP contribution is -2.21. The van der Waals surface area contributed by atoms with Gasteiger partial charge in [0.2, 0.25) is 5.91 Å². The number of nitrogens with one attached hydrogen (secondary N) is 1. The molecule has 2 rings (SSSR count). The monoisotopic (exact) mass is 393 g/mol. The van der Waals surface area contributed by atoms with E-state index < -0.39 is 5.63 Å². The van der Waals surface area contributed by atoms with Gasteiger partial charge < -0.3 is 20.4 Å². The van der Waals surface area contributed by atoms with E-state index in [1.54, 1.807) is 22.3 Å². The van der Waals surface area contributed by atoms with Crippen LogP contribution in [0, 0.1) is 0 Å². The van der Waals surface area contributed by atoms with Gasteiger partial charge in [0.15, 0.2) is 0 Å². The molecule has 0 aliphatic carbocycles. The summed E-state index contributed by atoms with van der Waals surface area (Å²) in [6.07, 6.45) is 1.38. The third-order valence-electron chi connectivity index (χ3n) is 3.65. The normalized spacial score (nSPS) is 11.2. The molecule has 0 atom stereocenters. The Bertz CT molecular complexity index is 832. The second-order valence-electron chi connectivity index (χ2n) is 5.34. The van der Waals surface area contributed by atoms with Crippen molar-refractivity contribution in [3.63, 3.8) is 0 Å². The maximum Gasteiger partial charge on any atom is 0.360 e. The molecule has 0 unspecified atom stereocenters. The summed E-state index contributed by atoms with van der Waals surface area (Å²) in [6, 6.07) is 7.35. The highest BCUT2D eigenvalue weighted by atomic mass is 33.1. The smallest absolute Gasteiger partial charge is 0.360 e. The Balaban J connectivity index is 2.14. The fourth-order valence-electron chi connectivity index (χ4n) is 2.37. The quantitative estimate of drug-likeness (QED) is 0.292. The number of nitrogens with zero attached hydrogens (tertiary/aromatic N) is 1. The summed E-state index contributed by atoms with van der Waals surface area (Å²) in [6.45, 7) is 6.47. The highest BCUT2D eigenvalue weighted by Crippen LogP contribution is 2.23. The first-order chi connectivity index (χ1) is 12.6. The van der Waals surface area contributed by atoms with Crippen LogP contribution in [0.5, 0.6) is 0 Å². The van der Waals surface area contributed by atoms with E-state index in [4.69, 9.17) is 10.2 Å². The van der Waals surface area contributed by atoms with Gasteiger partial charge in [0, 0.05) is 48.6 Å². The predicted octanol–water partition coefficient (Wildman–Crippen LogP) is 3.43. The number of amides is 1. The third kappa shape index (κ3) is 5.55. The number of hydrogen-bond donors (Lipinski definition) is 2. The largest absolute Gasteiger partial charge is 0.421 e. The summed E-state index contributed by atoms with van der Waals surface area (Å²) < 4.78 is 5.39. The van der Waals surface area contributed by atoms with E-state index in [2.05, 4.69) is 24.1 Å². The van der Waals surface area contributed by atoms with E-state index in [9.17, 15) is 9.59 Å². The molecule has 1 aromatic carbocycles. The van der Waals surface area contributed by atoms with Gasteiger partial charge in [-0.3, -0.25) is 4.79 Å². The molecule has 6 nitrogen and oxygen atoms in total. The minimum Gasteiger partial charge on any atom is -0.421 e. The number of rotatable bonds is 9. The fourth-order valence-corrected chi connectivity index (χ4v) is 3.80. The Labute approximate surface area is 160 Å². The van der Waals surface area contributed by atoms with Crippen molar-refractivity contribution >= 4 is 49.8 Å². The van der Waals surface area contributed by atoms with E-state index in [0.29, 0.717) is 12.1 Å². The van der Waals surface area contributed by atoms with Crippen LogP contribution in [-0.4, -0.2) is 31.3 Å². The summed E-state index contributed by atoms with van der Waals surface area (Å²) >= 11 is 0. The minimum absolute atomic E-state index is 0.127. The maximum absolute atomic E-state index is 12.2. The molecule has 0 aliphatic heterocycles. The third-order valence-corrected chi connectivity index (χ3v) is 5.68. The van der Waals surface area contributed by atoms with Crippen molar-refractivity contribution in [3.05, 3.63) is 46.2 Å². The Morgan fingerprint density at radius 2 is 2.08 bits per heavy atom. The van der Waals surface area contributed by atoms with Gasteiger partial charge in [-0.05, 0) is 37.5 Å². The lowest BCUT2D eigenvalue weighted by atomic mass is 10.2. The molecule has 0 aliphatic rings.